The van der Waals surface area contributed by atoms with Crippen LogP contribution in [0.4, 0.5) is 8.78 Å². The monoisotopic (exact) mass is 248 g/mol. The molecule has 0 bridgehead atoms. The van der Waals surface area contributed by atoms with Crippen LogP contribution in [0, 0.1) is 11.3 Å². The van der Waals surface area contributed by atoms with E-state index in [2.05, 4.69) is 25.7 Å². The van der Waals surface area contributed by atoms with Crippen molar-refractivity contribution in [3.8, 4) is 11.9 Å². The van der Waals surface area contributed by atoms with Gasteiger partial charge in [-0.3, -0.25) is 0 Å². The maximum absolute atomic E-state index is 11.7. The second-order valence-corrected chi connectivity index (χ2v) is 2.73. The van der Waals surface area contributed by atoms with Crippen molar-refractivity contribution in [2.75, 3.05) is 0 Å². The number of pyridine rings is 1. The summed E-state index contributed by atoms with van der Waals surface area (Å²) >= 11 is 2.94. The van der Waals surface area contributed by atoms with Crippen molar-refractivity contribution in [1.82, 2.24) is 4.98 Å². The van der Waals surface area contributed by atoms with Crippen molar-refractivity contribution < 1.29 is 13.5 Å². The molecule has 0 N–H and O–H groups in total. The van der Waals surface area contributed by atoms with Crippen LogP contribution < -0.4 is 4.74 Å². The number of hydrogen-bond acceptors (Lipinski definition) is 3. The average molecular weight is 249 g/mol. The Hall–Kier alpha value is -1.22. The van der Waals surface area contributed by atoms with Crippen LogP contribution in [0.5, 0.6) is 5.88 Å². The fourth-order valence-electron chi connectivity index (χ4n) is 0.658. The molecule has 0 atom stereocenters. The third-order valence-corrected chi connectivity index (χ3v) is 1.76. The summed E-state index contributed by atoms with van der Waals surface area (Å²) in [4.78, 5) is 3.58. The summed E-state index contributed by atoms with van der Waals surface area (Å²) in [5.74, 6) is -0.221. The zero-order chi connectivity index (χ0) is 9.84. The van der Waals surface area contributed by atoms with E-state index >= 15 is 0 Å². The predicted octanol–water partition coefficient (Wildman–Crippen LogP) is 2.32. The molecule has 6 heteroatoms. The Balaban J connectivity index is 2.91. The molecule has 0 aliphatic carbocycles. The van der Waals surface area contributed by atoms with Crippen molar-refractivity contribution in [2.24, 2.45) is 0 Å². The summed E-state index contributed by atoms with van der Waals surface area (Å²) in [5.41, 5.74) is 0.265. The Labute approximate surface area is 81.1 Å². The van der Waals surface area contributed by atoms with E-state index < -0.39 is 6.61 Å². The lowest BCUT2D eigenvalue weighted by atomic mass is 10.3. The van der Waals surface area contributed by atoms with Crippen molar-refractivity contribution in [1.29, 1.82) is 5.26 Å². The Kier molecular flexibility index (Phi) is 3.14. The summed E-state index contributed by atoms with van der Waals surface area (Å²) in [6, 6.07) is 4.37. The van der Waals surface area contributed by atoms with Crippen molar-refractivity contribution >= 4 is 15.9 Å². The zero-order valence-electron chi connectivity index (χ0n) is 6.17. The highest BCUT2D eigenvalue weighted by molar-refractivity contribution is 9.10. The molecule has 0 aliphatic heterocycles. The number of rotatable bonds is 2. The molecule has 68 valence electrons. The first kappa shape index (κ1) is 9.86. The summed E-state index contributed by atoms with van der Waals surface area (Å²) in [6.45, 7) is -2.91. The highest BCUT2D eigenvalue weighted by Crippen LogP contribution is 2.18. The van der Waals surface area contributed by atoms with Gasteiger partial charge in [-0.15, -0.1) is 0 Å². The van der Waals surface area contributed by atoms with Crippen molar-refractivity contribution in [3.05, 3.63) is 22.3 Å². The van der Waals surface area contributed by atoms with Crippen LogP contribution in [0.25, 0.3) is 0 Å². The fourth-order valence-corrected chi connectivity index (χ4v) is 1.05. The van der Waals surface area contributed by atoms with E-state index in [1.807, 2.05) is 6.07 Å². The van der Waals surface area contributed by atoms with Gasteiger partial charge < -0.3 is 4.74 Å². The minimum Gasteiger partial charge on any atom is -0.417 e. The Bertz CT molecular complexity index is 351. The maximum Gasteiger partial charge on any atom is 0.388 e. The molecule has 0 spiro atoms. The SMILES string of the molecule is N#Cc1ccc(OC(F)F)nc1Br. The topological polar surface area (TPSA) is 45.9 Å². The zero-order valence-corrected chi connectivity index (χ0v) is 7.75. The van der Waals surface area contributed by atoms with Crippen LogP contribution in [-0.2, 0) is 0 Å². The van der Waals surface area contributed by atoms with E-state index in [0.717, 1.165) is 0 Å². The predicted molar refractivity (Wildman–Crippen MR) is 43.3 cm³/mol. The second-order valence-electron chi connectivity index (χ2n) is 1.98. The molecule has 0 amide bonds. The number of halogens is 3. The van der Waals surface area contributed by atoms with Gasteiger partial charge in [-0.05, 0) is 22.0 Å². The molecule has 0 unspecified atom stereocenters. The molecule has 13 heavy (non-hydrogen) atoms. The van der Waals surface area contributed by atoms with E-state index in [1.54, 1.807) is 0 Å². The van der Waals surface area contributed by atoms with Gasteiger partial charge in [0.1, 0.15) is 10.7 Å². The molecule has 0 aromatic carbocycles. The molecule has 0 aliphatic rings. The molecule has 1 aromatic heterocycles. The van der Waals surface area contributed by atoms with Gasteiger partial charge in [0.05, 0.1) is 5.56 Å². The Morgan fingerprint density at radius 2 is 2.23 bits per heavy atom. The maximum atomic E-state index is 11.7. The first-order valence-electron chi connectivity index (χ1n) is 3.15. The minimum atomic E-state index is -2.91. The van der Waals surface area contributed by atoms with E-state index in [4.69, 9.17) is 5.26 Å². The van der Waals surface area contributed by atoms with Crippen LogP contribution in [0.3, 0.4) is 0 Å². The van der Waals surface area contributed by atoms with Crippen LogP contribution in [0.1, 0.15) is 5.56 Å². The normalized spacial score (nSPS) is 9.77. The quantitative estimate of drug-likeness (QED) is 0.755. The number of aromatic nitrogens is 1. The lowest BCUT2D eigenvalue weighted by Crippen LogP contribution is -2.03. The second kappa shape index (κ2) is 4.14. The molecular formula is C7H3BrF2N2O. The number of nitrogens with zero attached hydrogens (tertiary/aromatic N) is 2. The van der Waals surface area contributed by atoms with E-state index in [0.29, 0.717) is 0 Å². The van der Waals surface area contributed by atoms with Gasteiger partial charge in [-0.2, -0.15) is 14.0 Å². The van der Waals surface area contributed by atoms with Gasteiger partial charge in [0.15, 0.2) is 0 Å². The van der Waals surface area contributed by atoms with Crippen LogP contribution in [-0.4, -0.2) is 11.6 Å². The molecule has 0 radical (unpaired) electrons. The highest BCUT2D eigenvalue weighted by atomic mass is 79.9. The van der Waals surface area contributed by atoms with Gasteiger partial charge in [0, 0.05) is 6.07 Å². The average Bonchev–Trinajstić information content (AvgIpc) is 2.03. The summed E-state index contributed by atoms with van der Waals surface area (Å²) in [7, 11) is 0. The van der Waals surface area contributed by atoms with Crippen molar-refractivity contribution in [2.45, 2.75) is 6.61 Å². The first-order valence-corrected chi connectivity index (χ1v) is 3.94. The lowest BCUT2D eigenvalue weighted by Gasteiger charge is -2.03. The number of hydrogen-bond donors (Lipinski definition) is 0. The van der Waals surface area contributed by atoms with Crippen LogP contribution >= 0.6 is 15.9 Å². The van der Waals surface area contributed by atoms with Gasteiger partial charge in [0.25, 0.3) is 0 Å². The number of nitriles is 1. The Morgan fingerprint density at radius 3 is 2.69 bits per heavy atom. The van der Waals surface area contributed by atoms with Gasteiger partial charge in [0.2, 0.25) is 5.88 Å². The van der Waals surface area contributed by atoms with Gasteiger partial charge in [-0.25, -0.2) is 4.98 Å². The molecule has 1 aromatic rings. The summed E-state index contributed by atoms with van der Waals surface area (Å²) in [5, 5.41) is 8.48. The third-order valence-electron chi connectivity index (χ3n) is 1.15. The first-order chi connectivity index (χ1) is 6.13. The van der Waals surface area contributed by atoms with Crippen LogP contribution in [0.2, 0.25) is 0 Å². The fraction of sp³-hybridized carbons (Fsp3) is 0.143. The standard InChI is InChI=1S/C7H3BrF2N2O/c8-6-4(3-11)1-2-5(12-6)13-7(9)10/h1-2,7H. The molecule has 1 rings (SSSR count). The molecule has 1 heterocycles. The smallest absolute Gasteiger partial charge is 0.388 e. The molecule has 0 saturated heterocycles. The lowest BCUT2D eigenvalue weighted by molar-refractivity contribution is -0.0529. The van der Waals surface area contributed by atoms with Crippen LogP contribution in [0.15, 0.2) is 16.7 Å². The van der Waals surface area contributed by atoms with E-state index in [1.165, 1.54) is 12.1 Å². The van der Waals surface area contributed by atoms with E-state index in [-0.39, 0.29) is 16.0 Å². The van der Waals surface area contributed by atoms with E-state index in [9.17, 15) is 8.78 Å². The summed E-state index contributed by atoms with van der Waals surface area (Å²) < 4.78 is 27.6. The van der Waals surface area contributed by atoms with Crippen molar-refractivity contribution in [3.63, 3.8) is 0 Å². The minimum absolute atomic E-state index is 0.188. The molecule has 0 fully saturated rings. The number of ether oxygens (including phenoxy) is 1. The Morgan fingerprint density at radius 1 is 1.54 bits per heavy atom. The summed E-state index contributed by atoms with van der Waals surface area (Å²) in [6.07, 6.45) is 0. The molecule has 3 nitrogen and oxygen atoms in total. The van der Waals surface area contributed by atoms with Gasteiger partial charge in [-0.1, -0.05) is 0 Å². The molecule has 0 saturated carbocycles. The number of alkyl halides is 2. The van der Waals surface area contributed by atoms with Gasteiger partial charge >= 0.3 is 6.61 Å². The largest absolute Gasteiger partial charge is 0.417 e. The highest BCUT2D eigenvalue weighted by Gasteiger charge is 2.07. The molecular weight excluding hydrogens is 246 g/mol. The third kappa shape index (κ3) is 2.63.